The summed E-state index contributed by atoms with van der Waals surface area (Å²) in [5.41, 5.74) is 5.39. The monoisotopic (exact) mass is 254 g/mol. The van der Waals surface area contributed by atoms with Crippen molar-refractivity contribution in [2.75, 3.05) is 6.54 Å². The van der Waals surface area contributed by atoms with Crippen molar-refractivity contribution in [1.82, 2.24) is 5.32 Å². The molecule has 2 atom stereocenters. The summed E-state index contributed by atoms with van der Waals surface area (Å²) >= 11 is 0. The van der Waals surface area contributed by atoms with Gasteiger partial charge in [-0.3, -0.25) is 4.79 Å². The number of hydrogen-bond donors (Lipinski definition) is 2. The summed E-state index contributed by atoms with van der Waals surface area (Å²) < 4.78 is 0. The van der Waals surface area contributed by atoms with Crippen LogP contribution in [0.1, 0.15) is 60.3 Å². The van der Waals surface area contributed by atoms with Crippen molar-refractivity contribution < 1.29 is 4.79 Å². The molecule has 1 fully saturated rings. The molecule has 0 aromatic heterocycles. The van der Waals surface area contributed by atoms with E-state index in [4.69, 9.17) is 5.73 Å². The maximum absolute atomic E-state index is 12.1. The van der Waals surface area contributed by atoms with Crippen LogP contribution < -0.4 is 11.1 Å². The molecule has 1 rings (SSSR count). The molecule has 0 radical (unpaired) electrons. The van der Waals surface area contributed by atoms with Crippen LogP contribution in [0.25, 0.3) is 0 Å². The van der Waals surface area contributed by atoms with E-state index < -0.39 is 5.54 Å². The van der Waals surface area contributed by atoms with Crippen LogP contribution in [-0.2, 0) is 4.79 Å². The fourth-order valence-corrected chi connectivity index (χ4v) is 3.33. The number of hydrogen-bond acceptors (Lipinski definition) is 2. The van der Waals surface area contributed by atoms with E-state index >= 15 is 0 Å². The first-order chi connectivity index (χ1) is 8.20. The van der Waals surface area contributed by atoms with Gasteiger partial charge in [-0.2, -0.15) is 0 Å². The zero-order valence-corrected chi connectivity index (χ0v) is 12.7. The molecule has 0 spiro atoms. The Kier molecular flexibility index (Phi) is 4.82. The standard InChI is InChI=1S/C15H30N2O/c1-11(2)10-17-15(13(16)18)9-7-6-8-12(15)14(3,4)5/h11-12,17H,6-10H2,1-5H3,(H2,16,18). The summed E-state index contributed by atoms with van der Waals surface area (Å²) in [5.74, 6) is 0.696. The van der Waals surface area contributed by atoms with Crippen LogP contribution in [0.5, 0.6) is 0 Å². The molecule has 3 N–H and O–H groups in total. The lowest BCUT2D eigenvalue weighted by atomic mass is 9.61. The number of carbonyl (C=O) groups is 1. The number of primary amides is 1. The van der Waals surface area contributed by atoms with E-state index in [1.807, 2.05) is 0 Å². The number of carbonyl (C=O) groups excluding carboxylic acids is 1. The van der Waals surface area contributed by atoms with Gasteiger partial charge in [-0.1, -0.05) is 47.5 Å². The second-order valence-corrected chi connectivity index (χ2v) is 7.27. The molecule has 1 aliphatic carbocycles. The van der Waals surface area contributed by atoms with E-state index in [0.717, 1.165) is 25.8 Å². The molecule has 3 heteroatoms. The van der Waals surface area contributed by atoms with Crippen LogP contribution >= 0.6 is 0 Å². The maximum Gasteiger partial charge on any atom is 0.238 e. The van der Waals surface area contributed by atoms with Crippen molar-refractivity contribution >= 4 is 5.91 Å². The minimum absolute atomic E-state index is 0.111. The number of nitrogens with two attached hydrogens (primary N) is 1. The second kappa shape index (κ2) is 5.60. The van der Waals surface area contributed by atoms with Gasteiger partial charge in [-0.15, -0.1) is 0 Å². The molecule has 106 valence electrons. The van der Waals surface area contributed by atoms with E-state index in [1.54, 1.807) is 0 Å². The lowest BCUT2D eigenvalue weighted by Crippen LogP contribution is -2.64. The van der Waals surface area contributed by atoms with Gasteiger partial charge in [0.15, 0.2) is 0 Å². The topological polar surface area (TPSA) is 55.1 Å². The summed E-state index contributed by atoms with van der Waals surface area (Å²) in [7, 11) is 0. The van der Waals surface area contributed by atoms with Crippen molar-refractivity contribution in [3.05, 3.63) is 0 Å². The Bertz CT molecular complexity index is 293. The minimum Gasteiger partial charge on any atom is -0.368 e. The third-order valence-electron chi connectivity index (χ3n) is 4.22. The zero-order valence-electron chi connectivity index (χ0n) is 12.7. The van der Waals surface area contributed by atoms with Crippen LogP contribution in [0.15, 0.2) is 0 Å². The van der Waals surface area contributed by atoms with Gasteiger partial charge in [-0.05, 0) is 36.6 Å². The molecule has 1 saturated carbocycles. The minimum atomic E-state index is -0.499. The summed E-state index contributed by atoms with van der Waals surface area (Å²) in [6, 6.07) is 0. The molecule has 0 aromatic rings. The normalized spacial score (nSPS) is 29.6. The Balaban J connectivity index is 3.00. The van der Waals surface area contributed by atoms with Crippen molar-refractivity contribution in [1.29, 1.82) is 0 Å². The predicted octanol–water partition coefficient (Wildman–Crippen LogP) is 2.69. The van der Waals surface area contributed by atoms with Gasteiger partial charge in [0.2, 0.25) is 5.91 Å². The maximum atomic E-state index is 12.1. The van der Waals surface area contributed by atoms with Gasteiger partial charge in [0.1, 0.15) is 5.54 Å². The first-order valence-electron chi connectivity index (χ1n) is 7.25. The summed E-state index contributed by atoms with van der Waals surface area (Å²) in [5, 5.41) is 3.52. The zero-order chi connectivity index (χ0) is 14.0. The van der Waals surface area contributed by atoms with Crippen LogP contribution in [0, 0.1) is 17.3 Å². The molecule has 18 heavy (non-hydrogen) atoms. The largest absolute Gasteiger partial charge is 0.368 e. The quantitative estimate of drug-likeness (QED) is 0.810. The van der Waals surface area contributed by atoms with E-state index in [9.17, 15) is 4.79 Å². The van der Waals surface area contributed by atoms with Crippen molar-refractivity contribution in [2.24, 2.45) is 23.0 Å². The summed E-state index contributed by atoms with van der Waals surface area (Å²) in [6.45, 7) is 11.8. The summed E-state index contributed by atoms with van der Waals surface area (Å²) in [6.07, 6.45) is 4.29. The smallest absolute Gasteiger partial charge is 0.238 e. The van der Waals surface area contributed by atoms with Gasteiger partial charge in [0.05, 0.1) is 0 Å². The fourth-order valence-electron chi connectivity index (χ4n) is 3.33. The van der Waals surface area contributed by atoms with E-state index in [2.05, 4.69) is 39.9 Å². The highest BCUT2D eigenvalue weighted by Crippen LogP contribution is 2.44. The molecule has 3 nitrogen and oxygen atoms in total. The molecule has 0 bridgehead atoms. The van der Waals surface area contributed by atoms with E-state index in [0.29, 0.717) is 11.8 Å². The molecular formula is C15H30N2O. The molecule has 2 unspecified atom stereocenters. The molecule has 1 aliphatic rings. The highest BCUT2D eigenvalue weighted by Gasteiger charge is 2.49. The first-order valence-corrected chi connectivity index (χ1v) is 7.25. The lowest BCUT2D eigenvalue weighted by molar-refractivity contribution is -0.131. The molecule has 0 aliphatic heterocycles. The summed E-state index contributed by atoms with van der Waals surface area (Å²) in [4.78, 5) is 12.1. The van der Waals surface area contributed by atoms with Crippen LogP contribution in [0.3, 0.4) is 0 Å². The SMILES string of the molecule is CC(C)CNC1(C(N)=O)CCCCC1C(C)(C)C. The highest BCUT2D eigenvalue weighted by atomic mass is 16.1. The lowest BCUT2D eigenvalue weighted by Gasteiger charge is -2.49. The predicted molar refractivity (Wildman–Crippen MR) is 76.2 cm³/mol. The fraction of sp³-hybridized carbons (Fsp3) is 0.933. The molecular weight excluding hydrogens is 224 g/mol. The average molecular weight is 254 g/mol. The molecule has 0 saturated heterocycles. The van der Waals surface area contributed by atoms with Gasteiger partial charge >= 0.3 is 0 Å². The Morgan fingerprint density at radius 2 is 2.00 bits per heavy atom. The van der Waals surface area contributed by atoms with Crippen LogP contribution in [0.2, 0.25) is 0 Å². The van der Waals surface area contributed by atoms with Gasteiger partial charge < -0.3 is 11.1 Å². The number of rotatable bonds is 4. The molecule has 0 heterocycles. The molecule has 1 amide bonds. The van der Waals surface area contributed by atoms with Crippen LogP contribution in [-0.4, -0.2) is 18.0 Å². The Morgan fingerprint density at radius 3 is 2.44 bits per heavy atom. The van der Waals surface area contributed by atoms with E-state index in [1.165, 1.54) is 6.42 Å². The third kappa shape index (κ3) is 3.25. The Labute approximate surface area is 112 Å². The van der Waals surface area contributed by atoms with Gasteiger partial charge in [-0.25, -0.2) is 0 Å². The average Bonchev–Trinajstić information content (AvgIpc) is 2.25. The van der Waals surface area contributed by atoms with E-state index in [-0.39, 0.29) is 11.3 Å². The van der Waals surface area contributed by atoms with Gasteiger partial charge in [0, 0.05) is 0 Å². The first kappa shape index (κ1) is 15.5. The second-order valence-electron chi connectivity index (χ2n) is 7.27. The van der Waals surface area contributed by atoms with Crippen molar-refractivity contribution in [3.63, 3.8) is 0 Å². The molecule has 0 aromatic carbocycles. The van der Waals surface area contributed by atoms with Crippen LogP contribution in [0.4, 0.5) is 0 Å². The Hall–Kier alpha value is -0.570. The number of nitrogens with one attached hydrogen (secondary N) is 1. The van der Waals surface area contributed by atoms with Crippen molar-refractivity contribution in [2.45, 2.75) is 65.8 Å². The third-order valence-corrected chi connectivity index (χ3v) is 4.22. The van der Waals surface area contributed by atoms with Gasteiger partial charge in [0.25, 0.3) is 0 Å². The Morgan fingerprint density at radius 1 is 1.39 bits per heavy atom. The highest BCUT2D eigenvalue weighted by molar-refractivity contribution is 5.85. The number of amides is 1. The van der Waals surface area contributed by atoms with Crippen molar-refractivity contribution in [3.8, 4) is 0 Å².